The smallest absolute Gasteiger partial charge is 0.246 e. The molecule has 1 heterocycles. The first-order valence-electron chi connectivity index (χ1n) is 7.12. The lowest BCUT2D eigenvalue weighted by Crippen LogP contribution is -2.21. The Kier molecular flexibility index (Phi) is 4.57. The Morgan fingerprint density at radius 2 is 2.10 bits per heavy atom. The van der Waals surface area contributed by atoms with Gasteiger partial charge in [0.1, 0.15) is 12.4 Å². The quantitative estimate of drug-likeness (QED) is 0.823. The molecule has 1 aromatic heterocycles. The van der Waals surface area contributed by atoms with E-state index in [4.69, 9.17) is 5.73 Å². The molecular weight excluding hydrogens is 266 g/mol. The third kappa shape index (κ3) is 3.59. The highest BCUT2D eigenvalue weighted by molar-refractivity contribution is 5.91. The van der Waals surface area contributed by atoms with Gasteiger partial charge < -0.3 is 11.1 Å². The minimum atomic E-state index is -0.133. The lowest BCUT2D eigenvalue weighted by atomic mass is 10.2. The van der Waals surface area contributed by atoms with Crippen LogP contribution in [0.15, 0.2) is 18.2 Å². The Hall–Kier alpha value is -2.37. The third-order valence-corrected chi connectivity index (χ3v) is 3.25. The van der Waals surface area contributed by atoms with Crippen molar-refractivity contribution in [1.29, 1.82) is 0 Å². The maximum absolute atomic E-state index is 12.2. The van der Waals surface area contributed by atoms with Crippen LogP contribution in [0.3, 0.4) is 0 Å². The number of nitrogens with one attached hydrogen (secondary N) is 1. The van der Waals surface area contributed by atoms with Gasteiger partial charge in [-0.3, -0.25) is 4.79 Å². The van der Waals surface area contributed by atoms with Gasteiger partial charge in [-0.25, -0.2) is 9.67 Å². The summed E-state index contributed by atoms with van der Waals surface area (Å²) < 4.78 is 1.66. The summed E-state index contributed by atoms with van der Waals surface area (Å²) in [6.07, 6.45) is 1.51. The number of aryl methyl sites for hydroxylation is 3. The molecule has 0 aliphatic carbocycles. The topological polar surface area (TPSA) is 85.8 Å². The summed E-state index contributed by atoms with van der Waals surface area (Å²) in [5.74, 6) is 1.46. The summed E-state index contributed by atoms with van der Waals surface area (Å²) in [6, 6.07) is 5.45. The van der Waals surface area contributed by atoms with Crippen LogP contribution in [0, 0.1) is 6.92 Å². The largest absolute Gasteiger partial charge is 0.399 e. The van der Waals surface area contributed by atoms with Gasteiger partial charge in [-0.1, -0.05) is 19.9 Å². The van der Waals surface area contributed by atoms with E-state index in [-0.39, 0.29) is 12.5 Å². The Bertz CT molecular complexity index is 648. The third-order valence-electron chi connectivity index (χ3n) is 3.25. The van der Waals surface area contributed by atoms with Crippen molar-refractivity contribution in [3.8, 4) is 0 Å². The van der Waals surface area contributed by atoms with Crippen molar-refractivity contribution in [2.75, 3.05) is 11.1 Å². The average Bonchev–Trinajstić information content (AvgIpc) is 2.85. The van der Waals surface area contributed by atoms with Gasteiger partial charge >= 0.3 is 0 Å². The SMILES string of the molecule is CCc1nc(CC)n(CC(=O)Nc2cc(N)ccc2C)n1. The highest BCUT2D eigenvalue weighted by atomic mass is 16.2. The van der Waals surface area contributed by atoms with E-state index >= 15 is 0 Å². The van der Waals surface area contributed by atoms with Crippen molar-refractivity contribution in [2.45, 2.75) is 40.2 Å². The van der Waals surface area contributed by atoms with E-state index in [1.54, 1.807) is 10.7 Å². The van der Waals surface area contributed by atoms with Crippen molar-refractivity contribution in [3.63, 3.8) is 0 Å². The van der Waals surface area contributed by atoms with Gasteiger partial charge in [-0.15, -0.1) is 0 Å². The number of hydrogen-bond donors (Lipinski definition) is 2. The fourth-order valence-electron chi connectivity index (χ4n) is 2.06. The van der Waals surface area contributed by atoms with Crippen molar-refractivity contribution in [1.82, 2.24) is 14.8 Å². The molecular formula is C15H21N5O. The maximum Gasteiger partial charge on any atom is 0.246 e. The number of anilines is 2. The molecule has 0 aliphatic rings. The molecule has 0 saturated carbocycles. The number of nitrogens with two attached hydrogens (primary N) is 1. The molecule has 0 atom stereocenters. The van der Waals surface area contributed by atoms with Crippen LogP contribution in [0.2, 0.25) is 0 Å². The maximum atomic E-state index is 12.2. The number of carbonyl (C=O) groups excluding carboxylic acids is 1. The lowest BCUT2D eigenvalue weighted by molar-refractivity contribution is -0.117. The lowest BCUT2D eigenvalue weighted by Gasteiger charge is -2.10. The predicted molar refractivity (Wildman–Crippen MR) is 83.0 cm³/mol. The molecule has 6 nitrogen and oxygen atoms in total. The van der Waals surface area contributed by atoms with Crippen LogP contribution in [-0.4, -0.2) is 20.7 Å². The second kappa shape index (κ2) is 6.39. The van der Waals surface area contributed by atoms with E-state index < -0.39 is 0 Å². The van der Waals surface area contributed by atoms with E-state index in [2.05, 4.69) is 15.4 Å². The molecule has 0 aliphatic heterocycles. The van der Waals surface area contributed by atoms with Crippen LogP contribution < -0.4 is 11.1 Å². The molecule has 1 aromatic carbocycles. The van der Waals surface area contributed by atoms with Gasteiger partial charge in [0.25, 0.3) is 0 Å². The number of rotatable bonds is 5. The number of nitrogen functional groups attached to an aromatic ring is 1. The minimum Gasteiger partial charge on any atom is -0.399 e. The minimum absolute atomic E-state index is 0.133. The molecule has 21 heavy (non-hydrogen) atoms. The molecule has 6 heteroatoms. The van der Waals surface area contributed by atoms with Crippen LogP contribution in [0.25, 0.3) is 0 Å². The van der Waals surface area contributed by atoms with Crippen LogP contribution in [0.1, 0.15) is 31.1 Å². The van der Waals surface area contributed by atoms with E-state index in [1.807, 2.05) is 32.9 Å². The van der Waals surface area contributed by atoms with Crippen LogP contribution in [-0.2, 0) is 24.2 Å². The van der Waals surface area contributed by atoms with Gasteiger partial charge in [0.05, 0.1) is 0 Å². The first-order valence-corrected chi connectivity index (χ1v) is 7.12. The van der Waals surface area contributed by atoms with Gasteiger partial charge in [-0.2, -0.15) is 5.10 Å². The number of aromatic nitrogens is 3. The second-order valence-electron chi connectivity index (χ2n) is 4.93. The zero-order chi connectivity index (χ0) is 15.4. The van der Waals surface area contributed by atoms with Gasteiger partial charge in [-0.05, 0) is 24.6 Å². The fourth-order valence-corrected chi connectivity index (χ4v) is 2.06. The molecule has 2 rings (SSSR count). The Labute approximate surface area is 124 Å². The molecule has 3 N–H and O–H groups in total. The summed E-state index contributed by atoms with van der Waals surface area (Å²) in [6.45, 7) is 6.08. The Balaban J connectivity index is 2.11. The monoisotopic (exact) mass is 287 g/mol. The number of hydrogen-bond acceptors (Lipinski definition) is 4. The molecule has 0 spiro atoms. The van der Waals surface area contributed by atoms with E-state index in [0.717, 1.165) is 35.7 Å². The first kappa shape index (κ1) is 15.0. The molecule has 0 unspecified atom stereocenters. The molecule has 1 amide bonds. The molecule has 0 bridgehead atoms. The molecule has 112 valence electrons. The predicted octanol–water partition coefficient (Wildman–Crippen LogP) is 1.93. The van der Waals surface area contributed by atoms with E-state index in [0.29, 0.717) is 5.69 Å². The van der Waals surface area contributed by atoms with Gasteiger partial charge in [0.15, 0.2) is 5.82 Å². The summed E-state index contributed by atoms with van der Waals surface area (Å²) in [5.41, 5.74) is 8.07. The molecule has 0 radical (unpaired) electrons. The van der Waals surface area contributed by atoms with Crippen molar-refractivity contribution in [3.05, 3.63) is 35.4 Å². The summed E-state index contributed by atoms with van der Waals surface area (Å²) >= 11 is 0. The van der Waals surface area contributed by atoms with E-state index in [1.165, 1.54) is 0 Å². The molecule has 0 fully saturated rings. The van der Waals surface area contributed by atoms with Crippen molar-refractivity contribution >= 4 is 17.3 Å². The average molecular weight is 287 g/mol. The Morgan fingerprint density at radius 1 is 1.33 bits per heavy atom. The zero-order valence-corrected chi connectivity index (χ0v) is 12.7. The Morgan fingerprint density at radius 3 is 2.76 bits per heavy atom. The van der Waals surface area contributed by atoms with Crippen molar-refractivity contribution in [2.24, 2.45) is 0 Å². The molecule has 2 aromatic rings. The number of amides is 1. The van der Waals surface area contributed by atoms with Crippen LogP contribution in [0.5, 0.6) is 0 Å². The summed E-state index contributed by atoms with van der Waals surface area (Å²) in [5, 5.41) is 7.21. The van der Waals surface area contributed by atoms with Gasteiger partial charge in [0.2, 0.25) is 5.91 Å². The highest BCUT2D eigenvalue weighted by Gasteiger charge is 2.12. The number of nitrogens with zero attached hydrogens (tertiary/aromatic N) is 3. The van der Waals surface area contributed by atoms with Crippen LogP contribution >= 0.6 is 0 Å². The van der Waals surface area contributed by atoms with Gasteiger partial charge in [0, 0.05) is 24.2 Å². The fraction of sp³-hybridized carbons (Fsp3) is 0.400. The zero-order valence-electron chi connectivity index (χ0n) is 12.7. The standard InChI is InChI=1S/C15H21N5O/c1-4-13-18-14(5-2)20(19-13)9-15(21)17-12-8-11(16)7-6-10(12)3/h6-8H,4-5,9,16H2,1-3H3,(H,17,21). The molecule has 0 saturated heterocycles. The summed E-state index contributed by atoms with van der Waals surface area (Å²) in [4.78, 5) is 16.6. The van der Waals surface area contributed by atoms with E-state index in [9.17, 15) is 4.79 Å². The first-order chi connectivity index (χ1) is 10.0. The highest BCUT2D eigenvalue weighted by Crippen LogP contribution is 2.18. The van der Waals surface area contributed by atoms with Crippen molar-refractivity contribution < 1.29 is 4.79 Å². The number of carbonyl (C=O) groups is 1. The second-order valence-corrected chi connectivity index (χ2v) is 4.93. The normalized spacial score (nSPS) is 10.6. The number of benzene rings is 1. The van der Waals surface area contributed by atoms with Crippen LogP contribution in [0.4, 0.5) is 11.4 Å². The summed E-state index contributed by atoms with van der Waals surface area (Å²) in [7, 11) is 0.